The third-order valence-electron chi connectivity index (χ3n) is 2.52. The zero-order chi connectivity index (χ0) is 13.5. The molecule has 0 saturated carbocycles. The number of benzene rings is 1. The molecule has 100 valence electrons. The second-order valence-electron chi connectivity index (χ2n) is 4.08. The van der Waals surface area contributed by atoms with Gasteiger partial charge in [-0.05, 0) is 17.9 Å². The molecule has 0 amide bonds. The molecule has 1 aromatic carbocycles. The molecule has 0 spiro atoms. The molecule has 1 aromatic rings. The lowest BCUT2D eigenvalue weighted by Crippen LogP contribution is -2.00. The maximum atomic E-state index is 2.27. The second kappa shape index (κ2) is 15.2. The first-order valence-corrected chi connectivity index (χ1v) is 7.32. The van der Waals surface area contributed by atoms with Crippen LogP contribution in [0.2, 0.25) is 0 Å². The van der Waals surface area contributed by atoms with Gasteiger partial charge in [-0.15, -0.1) is 0 Å². The van der Waals surface area contributed by atoms with E-state index in [2.05, 4.69) is 58.0 Å². The molecule has 0 nitrogen and oxygen atoms in total. The van der Waals surface area contributed by atoms with Crippen molar-refractivity contribution in [1.29, 1.82) is 0 Å². The molecule has 0 aliphatic heterocycles. The largest absolute Gasteiger partial charge is 0.0683 e. The van der Waals surface area contributed by atoms with Gasteiger partial charge in [0.25, 0.3) is 0 Å². The first kappa shape index (κ1) is 18.6. The average molecular weight is 236 g/mol. The summed E-state index contributed by atoms with van der Waals surface area (Å²) in [6, 6.07) is 10.8. The van der Waals surface area contributed by atoms with Crippen LogP contribution in [-0.2, 0) is 6.42 Å². The predicted molar refractivity (Wildman–Crippen MR) is 81.5 cm³/mol. The summed E-state index contributed by atoms with van der Waals surface area (Å²) in [6.45, 7) is 12.8. The van der Waals surface area contributed by atoms with E-state index in [0.717, 1.165) is 5.92 Å². The van der Waals surface area contributed by atoms with E-state index in [4.69, 9.17) is 0 Å². The molecule has 0 unspecified atom stereocenters. The highest BCUT2D eigenvalue weighted by molar-refractivity contribution is 5.15. The SMILES string of the molecule is CC.CCC.CCC(CC)Cc1ccccc1. The van der Waals surface area contributed by atoms with E-state index in [1.54, 1.807) is 0 Å². The van der Waals surface area contributed by atoms with Crippen molar-refractivity contribution in [3.05, 3.63) is 35.9 Å². The van der Waals surface area contributed by atoms with Gasteiger partial charge >= 0.3 is 0 Å². The Morgan fingerprint density at radius 3 is 1.59 bits per heavy atom. The van der Waals surface area contributed by atoms with Crippen molar-refractivity contribution in [2.24, 2.45) is 5.92 Å². The van der Waals surface area contributed by atoms with Crippen LogP contribution in [0.5, 0.6) is 0 Å². The van der Waals surface area contributed by atoms with Gasteiger partial charge in [-0.2, -0.15) is 0 Å². The monoisotopic (exact) mass is 236 g/mol. The van der Waals surface area contributed by atoms with Crippen LogP contribution in [0.25, 0.3) is 0 Å². The van der Waals surface area contributed by atoms with E-state index in [1.807, 2.05) is 13.8 Å². The Kier molecular flexibility index (Phi) is 16.6. The van der Waals surface area contributed by atoms with Gasteiger partial charge in [-0.25, -0.2) is 0 Å². The molecule has 1 rings (SSSR count). The minimum atomic E-state index is 0.868. The van der Waals surface area contributed by atoms with Crippen LogP contribution in [0.15, 0.2) is 30.3 Å². The fourth-order valence-electron chi connectivity index (χ4n) is 1.52. The van der Waals surface area contributed by atoms with Crippen LogP contribution < -0.4 is 0 Å². The maximum absolute atomic E-state index is 2.27. The lowest BCUT2D eigenvalue weighted by atomic mass is 9.95. The van der Waals surface area contributed by atoms with Gasteiger partial charge in [0.1, 0.15) is 0 Å². The minimum absolute atomic E-state index is 0.868. The summed E-state index contributed by atoms with van der Waals surface area (Å²) in [6.07, 6.45) is 5.09. The molecule has 0 saturated heterocycles. The van der Waals surface area contributed by atoms with Gasteiger partial charge in [-0.1, -0.05) is 91.1 Å². The van der Waals surface area contributed by atoms with E-state index < -0.39 is 0 Å². The molecule has 0 heteroatoms. The Morgan fingerprint density at radius 1 is 0.824 bits per heavy atom. The van der Waals surface area contributed by atoms with Crippen molar-refractivity contribution in [2.45, 2.75) is 67.2 Å². The van der Waals surface area contributed by atoms with Gasteiger partial charge in [0.05, 0.1) is 0 Å². The fourth-order valence-corrected chi connectivity index (χ4v) is 1.52. The van der Waals surface area contributed by atoms with Gasteiger partial charge in [0.2, 0.25) is 0 Å². The van der Waals surface area contributed by atoms with Crippen LogP contribution in [0.1, 0.15) is 66.4 Å². The Hall–Kier alpha value is -0.780. The third kappa shape index (κ3) is 11.5. The molecule has 0 radical (unpaired) electrons. The van der Waals surface area contributed by atoms with Crippen molar-refractivity contribution in [1.82, 2.24) is 0 Å². The zero-order valence-corrected chi connectivity index (χ0v) is 12.8. The molecule has 0 bridgehead atoms. The second-order valence-corrected chi connectivity index (χ2v) is 4.08. The van der Waals surface area contributed by atoms with E-state index in [-0.39, 0.29) is 0 Å². The Balaban J connectivity index is 0. The zero-order valence-electron chi connectivity index (χ0n) is 12.8. The molecule has 0 fully saturated rings. The first-order chi connectivity index (χ1) is 8.28. The summed E-state index contributed by atoms with van der Waals surface area (Å²) in [5.74, 6) is 0.868. The first-order valence-electron chi connectivity index (χ1n) is 7.32. The summed E-state index contributed by atoms with van der Waals surface area (Å²) in [5, 5.41) is 0. The van der Waals surface area contributed by atoms with E-state index >= 15 is 0 Å². The van der Waals surface area contributed by atoms with Crippen LogP contribution in [0.3, 0.4) is 0 Å². The summed E-state index contributed by atoms with van der Waals surface area (Å²) < 4.78 is 0. The molecule has 17 heavy (non-hydrogen) atoms. The molecule has 0 aliphatic rings. The normalized spacial score (nSPS) is 8.88. The van der Waals surface area contributed by atoms with Crippen molar-refractivity contribution in [3.63, 3.8) is 0 Å². The highest BCUT2D eigenvalue weighted by Crippen LogP contribution is 2.14. The molecular weight excluding hydrogens is 204 g/mol. The van der Waals surface area contributed by atoms with Crippen molar-refractivity contribution >= 4 is 0 Å². The maximum Gasteiger partial charge on any atom is -0.0251 e. The lowest BCUT2D eigenvalue weighted by molar-refractivity contribution is 0.490. The topological polar surface area (TPSA) is 0 Å². The molecule has 0 aromatic heterocycles. The molecule has 0 heterocycles. The van der Waals surface area contributed by atoms with Crippen molar-refractivity contribution in [2.75, 3.05) is 0 Å². The Bertz CT molecular complexity index is 209. The van der Waals surface area contributed by atoms with Gasteiger partial charge in [0.15, 0.2) is 0 Å². The smallest absolute Gasteiger partial charge is 0.0251 e. The number of rotatable bonds is 4. The van der Waals surface area contributed by atoms with Crippen LogP contribution in [-0.4, -0.2) is 0 Å². The summed E-state index contributed by atoms with van der Waals surface area (Å²) >= 11 is 0. The summed E-state index contributed by atoms with van der Waals surface area (Å²) in [7, 11) is 0. The molecule has 0 atom stereocenters. The van der Waals surface area contributed by atoms with Crippen molar-refractivity contribution < 1.29 is 0 Å². The van der Waals surface area contributed by atoms with Gasteiger partial charge in [0, 0.05) is 0 Å². The van der Waals surface area contributed by atoms with E-state index in [1.165, 1.54) is 31.2 Å². The van der Waals surface area contributed by atoms with E-state index in [9.17, 15) is 0 Å². The summed E-state index contributed by atoms with van der Waals surface area (Å²) in [4.78, 5) is 0. The number of hydrogen-bond donors (Lipinski definition) is 0. The van der Waals surface area contributed by atoms with Crippen LogP contribution in [0.4, 0.5) is 0 Å². The Morgan fingerprint density at radius 2 is 1.24 bits per heavy atom. The minimum Gasteiger partial charge on any atom is -0.0683 e. The van der Waals surface area contributed by atoms with Crippen LogP contribution >= 0.6 is 0 Å². The lowest BCUT2D eigenvalue weighted by Gasteiger charge is -2.11. The predicted octanol–water partition coefficient (Wildman–Crippen LogP) is 6.11. The Labute approximate surface area is 109 Å². The standard InChI is InChI=1S/C12H18.C3H8.C2H6/c1-3-11(4-2)10-12-8-6-5-7-9-12;1-3-2;1-2/h5-9,11H,3-4,10H2,1-2H3;3H2,1-2H3;1-2H3. The van der Waals surface area contributed by atoms with Crippen molar-refractivity contribution in [3.8, 4) is 0 Å². The fraction of sp³-hybridized carbons (Fsp3) is 0.647. The quantitative estimate of drug-likeness (QED) is 0.592. The highest BCUT2D eigenvalue weighted by Gasteiger charge is 2.03. The highest BCUT2D eigenvalue weighted by atomic mass is 14.1. The molecule has 0 N–H and O–H groups in total. The average Bonchev–Trinajstić information content (AvgIpc) is 2.40. The van der Waals surface area contributed by atoms with Gasteiger partial charge < -0.3 is 0 Å². The van der Waals surface area contributed by atoms with Crippen LogP contribution in [0, 0.1) is 5.92 Å². The molecule has 0 aliphatic carbocycles. The third-order valence-corrected chi connectivity index (χ3v) is 2.52. The van der Waals surface area contributed by atoms with Gasteiger partial charge in [-0.3, -0.25) is 0 Å². The van der Waals surface area contributed by atoms with E-state index in [0.29, 0.717) is 0 Å². The summed E-state index contributed by atoms with van der Waals surface area (Å²) in [5.41, 5.74) is 1.48. The molecular formula is C17H32. The number of hydrogen-bond acceptors (Lipinski definition) is 0.